The molecule has 0 saturated heterocycles. The van der Waals surface area contributed by atoms with Crippen LogP contribution in [0.25, 0.3) is 5.65 Å². The fourth-order valence-electron chi connectivity index (χ4n) is 2.79. The summed E-state index contributed by atoms with van der Waals surface area (Å²) in [5, 5.41) is 14.9. The van der Waals surface area contributed by atoms with Crippen LogP contribution in [0.2, 0.25) is 0 Å². The molecule has 0 saturated carbocycles. The number of hydrogen-bond acceptors (Lipinski definition) is 5. The van der Waals surface area contributed by atoms with E-state index in [2.05, 4.69) is 25.8 Å². The van der Waals surface area contributed by atoms with Crippen molar-refractivity contribution >= 4 is 35.6 Å². The maximum Gasteiger partial charge on any atom is 0.191 e. The van der Waals surface area contributed by atoms with Crippen LogP contribution in [0, 0.1) is 0 Å². The zero-order valence-electron chi connectivity index (χ0n) is 16.2. The van der Waals surface area contributed by atoms with Crippen molar-refractivity contribution in [3.8, 4) is 11.5 Å². The van der Waals surface area contributed by atoms with Gasteiger partial charge in [-0.2, -0.15) is 0 Å². The average molecular weight is 496 g/mol. The molecule has 0 atom stereocenters. The van der Waals surface area contributed by atoms with Gasteiger partial charge in [0.1, 0.15) is 11.5 Å². The molecule has 1 aromatic carbocycles. The molecule has 150 valence electrons. The number of halogens is 1. The first-order chi connectivity index (χ1) is 13.2. The van der Waals surface area contributed by atoms with Crippen LogP contribution in [-0.4, -0.2) is 48.4 Å². The Hall–Kier alpha value is -2.56. The maximum atomic E-state index is 5.42. The zero-order valence-corrected chi connectivity index (χ0v) is 18.5. The summed E-state index contributed by atoms with van der Waals surface area (Å²) in [7, 11) is 5.06. The Bertz CT molecular complexity index is 928. The third kappa shape index (κ3) is 5.24. The molecule has 9 heteroatoms. The minimum Gasteiger partial charge on any atom is -0.497 e. The minimum absolute atomic E-state index is 0. The van der Waals surface area contributed by atoms with Gasteiger partial charge in [-0.05, 0) is 42.3 Å². The van der Waals surface area contributed by atoms with Crippen LogP contribution in [0.1, 0.15) is 11.4 Å². The highest BCUT2D eigenvalue weighted by Gasteiger charge is 2.07. The number of guanidine groups is 1. The van der Waals surface area contributed by atoms with Crippen LogP contribution in [0.3, 0.4) is 0 Å². The Morgan fingerprint density at radius 1 is 1.11 bits per heavy atom. The third-order valence-electron chi connectivity index (χ3n) is 4.20. The first-order valence-corrected chi connectivity index (χ1v) is 8.69. The van der Waals surface area contributed by atoms with E-state index in [0.717, 1.165) is 35.0 Å². The molecule has 2 N–H and O–H groups in total. The van der Waals surface area contributed by atoms with Crippen molar-refractivity contribution in [1.82, 2.24) is 25.2 Å². The monoisotopic (exact) mass is 496 g/mol. The van der Waals surface area contributed by atoms with Crippen LogP contribution >= 0.6 is 24.0 Å². The molecule has 28 heavy (non-hydrogen) atoms. The first-order valence-electron chi connectivity index (χ1n) is 8.69. The number of aliphatic imine (C=N–C) groups is 1. The molecule has 2 heterocycles. The second-order valence-corrected chi connectivity index (χ2v) is 5.83. The number of nitrogens with one attached hydrogen (secondary N) is 2. The Morgan fingerprint density at radius 2 is 1.96 bits per heavy atom. The lowest BCUT2D eigenvalue weighted by molar-refractivity contribution is 0.398. The molecule has 0 aliphatic rings. The van der Waals surface area contributed by atoms with E-state index in [-0.39, 0.29) is 24.0 Å². The van der Waals surface area contributed by atoms with Gasteiger partial charge in [0.25, 0.3) is 0 Å². The van der Waals surface area contributed by atoms with E-state index in [0.29, 0.717) is 19.0 Å². The summed E-state index contributed by atoms with van der Waals surface area (Å²) in [4.78, 5) is 4.26. The number of ether oxygens (including phenoxy) is 2. The molecule has 2 aromatic heterocycles. The number of aromatic nitrogens is 3. The van der Waals surface area contributed by atoms with Crippen LogP contribution in [0.15, 0.2) is 47.6 Å². The largest absolute Gasteiger partial charge is 0.497 e. The summed E-state index contributed by atoms with van der Waals surface area (Å²) in [6.45, 7) is 1.22. The summed E-state index contributed by atoms with van der Waals surface area (Å²) < 4.78 is 12.7. The van der Waals surface area contributed by atoms with Gasteiger partial charge in [0, 0.05) is 19.8 Å². The lowest BCUT2D eigenvalue weighted by Gasteiger charge is -2.13. The highest BCUT2D eigenvalue weighted by molar-refractivity contribution is 14.0. The molecule has 0 aliphatic carbocycles. The molecule has 0 radical (unpaired) electrons. The van der Waals surface area contributed by atoms with Crippen molar-refractivity contribution < 1.29 is 9.47 Å². The van der Waals surface area contributed by atoms with E-state index >= 15 is 0 Å². The number of methoxy groups -OCH3 is 2. The quantitative estimate of drug-likeness (QED) is 0.297. The van der Waals surface area contributed by atoms with E-state index in [1.54, 1.807) is 21.3 Å². The number of fused-ring (bicyclic) bond motifs is 1. The number of nitrogens with zero attached hydrogens (tertiary/aromatic N) is 4. The van der Waals surface area contributed by atoms with Crippen molar-refractivity contribution in [2.75, 3.05) is 27.8 Å². The third-order valence-corrected chi connectivity index (χ3v) is 4.20. The minimum atomic E-state index is 0. The molecule has 0 bridgehead atoms. The summed E-state index contributed by atoms with van der Waals surface area (Å²) in [5.41, 5.74) is 1.89. The summed E-state index contributed by atoms with van der Waals surface area (Å²) >= 11 is 0. The van der Waals surface area contributed by atoms with Crippen LogP contribution < -0.4 is 20.1 Å². The number of pyridine rings is 1. The Morgan fingerprint density at radius 3 is 2.71 bits per heavy atom. The van der Waals surface area contributed by atoms with Gasteiger partial charge in [-0.1, -0.05) is 6.07 Å². The lowest BCUT2D eigenvalue weighted by atomic mass is 10.1. The van der Waals surface area contributed by atoms with Gasteiger partial charge in [-0.15, -0.1) is 34.2 Å². The molecule has 3 rings (SSSR count). The molecule has 0 amide bonds. The van der Waals surface area contributed by atoms with Gasteiger partial charge in [0.05, 0.1) is 20.8 Å². The van der Waals surface area contributed by atoms with Crippen molar-refractivity contribution in [2.24, 2.45) is 4.99 Å². The summed E-state index contributed by atoms with van der Waals surface area (Å²) in [6, 6.07) is 11.6. The lowest BCUT2D eigenvalue weighted by Crippen LogP contribution is -2.38. The van der Waals surface area contributed by atoms with Gasteiger partial charge in [0.15, 0.2) is 17.4 Å². The molecular formula is C19H25IN6O2. The Kier molecular flexibility index (Phi) is 8.30. The molecular weight excluding hydrogens is 471 g/mol. The molecule has 0 spiro atoms. The van der Waals surface area contributed by atoms with E-state index in [9.17, 15) is 0 Å². The zero-order chi connectivity index (χ0) is 19.1. The van der Waals surface area contributed by atoms with Crippen LogP contribution in [0.5, 0.6) is 11.5 Å². The van der Waals surface area contributed by atoms with Crippen molar-refractivity contribution in [2.45, 2.75) is 13.0 Å². The van der Waals surface area contributed by atoms with E-state index < -0.39 is 0 Å². The molecule has 3 aromatic rings. The Balaban J connectivity index is 0.00000280. The van der Waals surface area contributed by atoms with E-state index in [4.69, 9.17) is 9.47 Å². The van der Waals surface area contributed by atoms with Crippen molar-refractivity contribution in [3.63, 3.8) is 0 Å². The maximum absolute atomic E-state index is 5.42. The topological polar surface area (TPSA) is 85.1 Å². The average Bonchev–Trinajstić information content (AvgIpc) is 3.13. The predicted molar refractivity (Wildman–Crippen MR) is 120 cm³/mol. The van der Waals surface area contributed by atoms with Crippen molar-refractivity contribution in [1.29, 1.82) is 0 Å². The van der Waals surface area contributed by atoms with Crippen LogP contribution in [-0.2, 0) is 13.0 Å². The van der Waals surface area contributed by atoms with Gasteiger partial charge in [-0.25, -0.2) is 0 Å². The first kappa shape index (κ1) is 21.7. The highest BCUT2D eigenvalue weighted by Crippen LogP contribution is 2.24. The van der Waals surface area contributed by atoms with E-state index in [1.165, 1.54) is 0 Å². The number of rotatable bonds is 7. The smallest absolute Gasteiger partial charge is 0.191 e. The molecule has 0 unspecified atom stereocenters. The van der Waals surface area contributed by atoms with E-state index in [1.807, 2.05) is 47.0 Å². The van der Waals surface area contributed by atoms with Crippen molar-refractivity contribution in [3.05, 3.63) is 54.0 Å². The fourth-order valence-corrected chi connectivity index (χ4v) is 2.79. The standard InChI is InChI=1S/C19H24N6O2.HI/c1-20-19(22-13-18-24-23-17-6-4-5-11-25(17)18)21-10-9-14-12-15(26-2)7-8-16(14)27-3;/h4-8,11-12H,9-10,13H2,1-3H3,(H2,20,21,22);1H. The summed E-state index contributed by atoms with van der Waals surface area (Å²) in [5.74, 6) is 3.18. The summed E-state index contributed by atoms with van der Waals surface area (Å²) in [6.07, 6.45) is 2.71. The molecule has 8 nitrogen and oxygen atoms in total. The second-order valence-electron chi connectivity index (χ2n) is 5.83. The predicted octanol–water partition coefficient (Wildman–Crippen LogP) is 2.27. The Labute approximate surface area is 181 Å². The number of hydrogen-bond donors (Lipinski definition) is 2. The number of benzene rings is 1. The van der Waals surface area contributed by atoms with Crippen LogP contribution in [0.4, 0.5) is 0 Å². The molecule has 0 fully saturated rings. The van der Waals surface area contributed by atoms with Gasteiger partial charge < -0.3 is 20.1 Å². The highest BCUT2D eigenvalue weighted by atomic mass is 127. The van der Waals surface area contributed by atoms with Gasteiger partial charge >= 0.3 is 0 Å². The fraction of sp³-hybridized carbons (Fsp3) is 0.316. The molecule has 0 aliphatic heterocycles. The normalized spacial score (nSPS) is 11.0. The van der Waals surface area contributed by atoms with Gasteiger partial charge in [-0.3, -0.25) is 9.39 Å². The SMILES string of the molecule is CN=C(NCCc1cc(OC)ccc1OC)NCc1nnc2ccccn12.I. The van der Waals surface area contributed by atoms with Gasteiger partial charge in [0.2, 0.25) is 0 Å². The second kappa shape index (κ2) is 10.7.